The summed E-state index contributed by atoms with van der Waals surface area (Å²) in [4.78, 5) is 2.59. The number of ether oxygens (including phenoxy) is 2. The monoisotopic (exact) mass is 285 g/mol. The molecule has 2 aliphatic heterocycles. The van der Waals surface area contributed by atoms with Crippen molar-refractivity contribution in [3.8, 4) is 5.75 Å². The Balaban J connectivity index is 1.76. The molecule has 1 saturated heterocycles. The van der Waals surface area contributed by atoms with Gasteiger partial charge in [0.25, 0.3) is 0 Å². The van der Waals surface area contributed by atoms with Gasteiger partial charge < -0.3 is 14.4 Å². The summed E-state index contributed by atoms with van der Waals surface area (Å²) >= 11 is 0. The number of likely N-dealkylation sites (N-methyl/N-ethyl adjacent to an activating group) is 1. The maximum Gasteiger partial charge on any atom is 0.135 e. The van der Waals surface area contributed by atoms with Crippen LogP contribution in [0.5, 0.6) is 5.75 Å². The SMILES string of the molecule is CO[C@H]1CC[C@H]2[C@H]3Cc4cccc5c4[C@@]2(CCN3C)[C@H]1O5. The van der Waals surface area contributed by atoms with Crippen molar-refractivity contribution < 1.29 is 9.47 Å². The summed E-state index contributed by atoms with van der Waals surface area (Å²) in [5.74, 6) is 1.89. The Hall–Kier alpha value is -1.06. The number of benzene rings is 1. The number of rotatable bonds is 1. The number of methoxy groups -OCH3 is 1. The summed E-state index contributed by atoms with van der Waals surface area (Å²) in [7, 11) is 4.16. The predicted molar refractivity (Wildman–Crippen MR) is 80.8 cm³/mol. The van der Waals surface area contributed by atoms with Gasteiger partial charge in [0, 0.05) is 24.1 Å². The predicted octanol–water partition coefficient (Wildman–Crippen LogP) is 2.37. The number of nitrogens with zero attached hydrogens (tertiary/aromatic N) is 1. The van der Waals surface area contributed by atoms with Crippen LogP contribution in [-0.4, -0.2) is 43.9 Å². The molecule has 3 heteroatoms. The second-order valence-electron chi connectivity index (χ2n) is 7.33. The average Bonchev–Trinajstić information content (AvgIpc) is 2.84. The molecule has 5 rings (SSSR count). The molecule has 0 unspecified atom stereocenters. The number of piperidine rings is 1. The molecule has 2 aliphatic carbocycles. The molecular weight excluding hydrogens is 262 g/mol. The van der Waals surface area contributed by atoms with Crippen LogP contribution in [0, 0.1) is 5.92 Å². The smallest absolute Gasteiger partial charge is 0.135 e. The van der Waals surface area contributed by atoms with Crippen molar-refractivity contribution in [3.63, 3.8) is 0 Å². The Morgan fingerprint density at radius 1 is 1.33 bits per heavy atom. The van der Waals surface area contributed by atoms with E-state index in [2.05, 4.69) is 30.1 Å². The zero-order chi connectivity index (χ0) is 14.2. The molecule has 0 N–H and O–H groups in total. The van der Waals surface area contributed by atoms with Crippen LogP contribution in [0.3, 0.4) is 0 Å². The van der Waals surface area contributed by atoms with E-state index in [1.54, 1.807) is 5.56 Å². The molecule has 4 aliphatic rings. The molecule has 2 fully saturated rings. The van der Waals surface area contributed by atoms with Crippen LogP contribution in [-0.2, 0) is 16.6 Å². The zero-order valence-electron chi connectivity index (χ0n) is 12.8. The fourth-order valence-electron chi connectivity index (χ4n) is 5.90. The summed E-state index contributed by atoms with van der Waals surface area (Å²) in [6, 6.07) is 7.35. The molecule has 21 heavy (non-hydrogen) atoms. The highest BCUT2D eigenvalue weighted by Crippen LogP contribution is 2.62. The van der Waals surface area contributed by atoms with Gasteiger partial charge >= 0.3 is 0 Å². The molecule has 0 amide bonds. The molecule has 1 spiro atoms. The van der Waals surface area contributed by atoms with Gasteiger partial charge in [-0.1, -0.05) is 12.1 Å². The minimum Gasteiger partial charge on any atom is -0.486 e. The van der Waals surface area contributed by atoms with Gasteiger partial charge in [-0.05, 0) is 56.8 Å². The number of hydrogen-bond donors (Lipinski definition) is 0. The Bertz CT molecular complexity index is 601. The van der Waals surface area contributed by atoms with Crippen molar-refractivity contribution in [1.82, 2.24) is 4.90 Å². The Labute approximate surface area is 126 Å². The van der Waals surface area contributed by atoms with E-state index < -0.39 is 0 Å². The lowest BCUT2D eigenvalue weighted by atomic mass is 9.51. The van der Waals surface area contributed by atoms with Crippen LogP contribution in [0.1, 0.15) is 30.4 Å². The molecule has 3 nitrogen and oxygen atoms in total. The van der Waals surface area contributed by atoms with E-state index in [1.165, 1.54) is 31.4 Å². The molecule has 112 valence electrons. The fraction of sp³-hybridized carbons (Fsp3) is 0.667. The van der Waals surface area contributed by atoms with Gasteiger partial charge in [0.2, 0.25) is 0 Å². The van der Waals surface area contributed by atoms with Crippen molar-refractivity contribution in [1.29, 1.82) is 0 Å². The fourth-order valence-corrected chi connectivity index (χ4v) is 5.90. The summed E-state index contributed by atoms with van der Waals surface area (Å²) < 4.78 is 12.3. The number of likely N-dealkylation sites (tertiary alicyclic amines) is 1. The maximum atomic E-state index is 6.47. The summed E-state index contributed by atoms with van der Waals surface area (Å²) in [6.45, 7) is 1.19. The molecule has 2 bridgehead atoms. The Morgan fingerprint density at radius 2 is 2.24 bits per heavy atom. The second-order valence-corrected chi connectivity index (χ2v) is 7.33. The first-order valence-electron chi connectivity index (χ1n) is 8.28. The van der Waals surface area contributed by atoms with Gasteiger partial charge in [0.05, 0.1) is 6.10 Å². The van der Waals surface area contributed by atoms with E-state index in [1.807, 2.05) is 7.11 Å². The van der Waals surface area contributed by atoms with Crippen LogP contribution in [0.25, 0.3) is 0 Å². The van der Waals surface area contributed by atoms with Crippen LogP contribution >= 0.6 is 0 Å². The van der Waals surface area contributed by atoms with Crippen molar-refractivity contribution >= 4 is 0 Å². The van der Waals surface area contributed by atoms with Crippen molar-refractivity contribution in [2.45, 2.75) is 49.3 Å². The normalized spacial score (nSPS) is 43.3. The minimum absolute atomic E-state index is 0.222. The largest absolute Gasteiger partial charge is 0.486 e. The van der Waals surface area contributed by atoms with Gasteiger partial charge in [-0.2, -0.15) is 0 Å². The first-order valence-corrected chi connectivity index (χ1v) is 8.28. The second kappa shape index (κ2) is 4.02. The highest BCUT2D eigenvalue weighted by molar-refractivity contribution is 5.55. The topological polar surface area (TPSA) is 21.7 Å². The van der Waals surface area contributed by atoms with E-state index >= 15 is 0 Å². The van der Waals surface area contributed by atoms with E-state index in [0.717, 1.165) is 18.1 Å². The van der Waals surface area contributed by atoms with E-state index in [-0.39, 0.29) is 17.6 Å². The lowest BCUT2D eigenvalue weighted by Gasteiger charge is -2.58. The highest BCUT2D eigenvalue weighted by Gasteiger charge is 2.64. The van der Waals surface area contributed by atoms with E-state index in [4.69, 9.17) is 9.47 Å². The van der Waals surface area contributed by atoms with Gasteiger partial charge in [0.1, 0.15) is 11.9 Å². The maximum absolute atomic E-state index is 6.47. The quantitative estimate of drug-likeness (QED) is 0.791. The van der Waals surface area contributed by atoms with Crippen LogP contribution in [0.4, 0.5) is 0 Å². The Morgan fingerprint density at radius 3 is 3.10 bits per heavy atom. The third-order valence-corrected chi connectivity index (χ3v) is 6.74. The van der Waals surface area contributed by atoms with Gasteiger partial charge in [-0.3, -0.25) is 0 Å². The third-order valence-electron chi connectivity index (χ3n) is 6.74. The lowest BCUT2D eigenvalue weighted by molar-refractivity contribution is -0.111. The van der Waals surface area contributed by atoms with E-state index in [9.17, 15) is 0 Å². The molecule has 1 aromatic carbocycles. The summed E-state index contributed by atoms with van der Waals surface area (Å²) in [6.07, 6.45) is 5.32. The van der Waals surface area contributed by atoms with Gasteiger partial charge in [-0.25, -0.2) is 0 Å². The highest BCUT2D eigenvalue weighted by atomic mass is 16.5. The summed E-state index contributed by atoms with van der Waals surface area (Å²) in [5, 5.41) is 0. The Kier molecular flexibility index (Phi) is 2.39. The van der Waals surface area contributed by atoms with Gasteiger partial charge in [-0.15, -0.1) is 0 Å². The van der Waals surface area contributed by atoms with Crippen LogP contribution in [0.2, 0.25) is 0 Å². The van der Waals surface area contributed by atoms with Crippen molar-refractivity contribution in [2.75, 3.05) is 20.7 Å². The third kappa shape index (κ3) is 1.33. The first-order chi connectivity index (χ1) is 10.3. The molecular formula is C18H23NO2. The van der Waals surface area contributed by atoms with Crippen molar-refractivity contribution in [2.24, 2.45) is 5.92 Å². The summed E-state index contributed by atoms with van der Waals surface area (Å²) in [5.41, 5.74) is 3.30. The molecule has 0 radical (unpaired) electrons. The first kappa shape index (κ1) is 12.5. The van der Waals surface area contributed by atoms with Crippen molar-refractivity contribution in [3.05, 3.63) is 29.3 Å². The minimum atomic E-state index is 0.222. The van der Waals surface area contributed by atoms with Gasteiger partial charge in [0.15, 0.2) is 0 Å². The van der Waals surface area contributed by atoms with Crippen LogP contribution in [0.15, 0.2) is 18.2 Å². The average molecular weight is 285 g/mol. The molecule has 5 atom stereocenters. The van der Waals surface area contributed by atoms with E-state index in [0.29, 0.717) is 6.04 Å². The molecule has 1 aromatic rings. The molecule has 0 aromatic heterocycles. The lowest BCUT2D eigenvalue weighted by Crippen LogP contribution is -2.66. The molecule has 2 heterocycles. The van der Waals surface area contributed by atoms with Crippen LogP contribution < -0.4 is 4.74 Å². The standard InChI is InChI=1S/C18H23NO2/c1-19-9-8-18-12-6-7-15(20-2)17(18)21-14-5-3-4-11(16(14)18)10-13(12)19/h3-5,12-13,15,17H,6-10H2,1-2H3/t12-,13+,15-,17-,18-/m0/s1. The zero-order valence-corrected chi connectivity index (χ0v) is 12.8. The molecule has 1 saturated carbocycles. The number of hydrogen-bond acceptors (Lipinski definition) is 3.